The van der Waals surface area contributed by atoms with Crippen molar-refractivity contribution in [3.05, 3.63) is 65.5 Å². The van der Waals surface area contributed by atoms with E-state index in [0.29, 0.717) is 36.6 Å². The minimum atomic E-state index is -0.496. The molecule has 1 amide bonds. The molecule has 2 fully saturated rings. The number of halogens is 2. The molecule has 0 bridgehead atoms. The van der Waals surface area contributed by atoms with Gasteiger partial charge >= 0.3 is 0 Å². The fourth-order valence-electron chi connectivity index (χ4n) is 4.59. The molecule has 31 heavy (non-hydrogen) atoms. The Balaban J connectivity index is 1.24. The van der Waals surface area contributed by atoms with Crippen molar-refractivity contribution in [3.8, 4) is 6.07 Å². The van der Waals surface area contributed by atoms with Gasteiger partial charge in [-0.05, 0) is 54.7 Å². The number of hydrogen-bond acceptors (Lipinski definition) is 4. The van der Waals surface area contributed by atoms with Crippen LogP contribution in [0.25, 0.3) is 11.0 Å². The number of rotatable bonds is 4. The van der Waals surface area contributed by atoms with E-state index in [2.05, 4.69) is 4.98 Å². The fourth-order valence-corrected chi connectivity index (χ4v) is 4.59. The predicted octanol–water partition coefficient (Wildman–Crippen LogP) is 4.12. The molecule has 5 rings (SSSR count). The van der Waals surface area contributed by atoms with E-state index in [1.165, 1.54) is 29.3 Å². The first-order valence-electron chi connectivity index (χ1n) is 10.3. The Labute approximate surface area is 177 Å². The number of benzene rings is 2. The Hall–Kier alpha value is -3.31. The Bertz CT molecular complexity index is 1200. The maximum atomic E-state index is 13.9. The standard InChI is InChI=1S/C23H20F2N4O2/c24-18-1-2-22-20(10-18)27-13-28(22)12-15-6-17(7-15)23(30)29-21(3-4-31-29)16-5-14(11-26)8-19(25)9-16/h1-2,5,8-10,13,15,17,21H,3-4,6-7,12H2/t15?,17?,21-/m0/s1. The van der Waals surface area contributed by atoms with Gasteiger partial charge in [-0.15, -0.1) is 0 Å². The van der Waals surface area contributed by atoms with Crippen molar-refractivity contribution >= 4 is 16.9 Å². The van der Waals surface area contributed by atoms with Gasteiger partial charge in [0, 0.05) is 24.9 Å². The van der Waals surface area contributed by atoms with E-state index in [4.69, 9.17) is 10.1 Å². The molecular formula is C23H20F2N4O2. The maximum Gasteiger partial charge on any atom is 0.249 e. The summed E-state index contributed by atoms with van der Waals surface area (Å²) in [5.41, 5.74) is 2.30. The largest absolute Gasteiger partial charge is 0.330 e. The lowest BCUT2D eigenvalue weighted by molar-refractivity contribution is -0.186. The molecule has 1 atom stereocenters. The molecule has 0 spiro atoms. The van der Waals surface area contributed by atoms with Gasteiger partial charge in [-0.3, -0.25) is 9.63 Å². The summed E-state index contributed by atoms with van der Waals surface area (Å²) in [5.74, 6) is -0.741. The molecular weight excluding hydrogens is 402 g/mol. The first-order chi connectivity index (χ1) is 15.0. The summed E-state index contributed by atoms with van der Waals surface area (Å²) in [5, 5.41) is 10.5. The number of nitriles is 1. The minimum Gasteiger partial charge on any atom is -0.330 e. The lowest BCUT2D eigenvalue weighted by atomic mass is 9.74. The number of carbonyl (C=O) groups excluding carboxylic acids is 1. The number of nitrogens with zero attached hydrogens (tertiary/aromatic N) is 4. The summed E-state index contributed by atoms with van der Waals surface area (Å²) < 4.78 is 29.2. The molecule has 158 valence electrons. The van der Waals surface area contributed by atoms with Gasteiger partial charge in [0.2, 0.25) is 5.91 Å². The Morgan fingerprint density at radius 1 is 1.19 bits per heavy atom. The van der Waals surface area contributed by atoms with Crippen molar-refractivity contribution in [2.45, 2.75) is 31.8 Å². The van der Waals surface area contributed by atoms with Gasteiger partial charge in [0.15, 0.2) is 0 Å². The minimum absolute atomic E-state index is 0.0981. The van der Waals surface area contributed by atoms with Crippen molar-refractivity contribution in [2.24, 2.45) is 11.8 Å². The van der Waals surface area contributed by atoms with Crippen LogP contribution < -0.4 is 0 Å². The summed E-state index contributed by atoms with van der Waals surface area (Å²) in [7, 11) is 0. The highest BCUT2D eigenvalue weighted by Crippen LogP contribution is 2.40. The van der Waals surface area contributed by atoms with E-state index >= 15 is 0 Å². The second kappa shape index (κ2) is 7.75. The number of amides is 1. The van der Waals surface area contributed by atoms with Gasteiger partial charge in [-0.2, -0.15) is 5.26 Å². The van der Waals surface area contributed by atoms with Crippen LogP contribution in [0.15, 0.2) is 42.7 Å². The Morgan fingerprint density at radius 3 is 2.84 bits per heavy atom. The van der Waals surface area contributed by atoms with Crippen LogP contribution in [0.2, 0.25) is 0 Å². The zero-order valence-electron chi connectivity index (χ0n) is 16.7. The Morgan fingerprint density at radius 2 is 2.03 bits per heavy atom. The normalized spacial score (nSPS) is 23.0. The van der Waals surface area contributed by atoms with Crippen LogP contribution in [0.1, 0.15) is 36.4 Å². The van der Waals surface area contributed by atoms with Crippen LogP contribution in [0.5, 0.6) is 0 Å². The molecule has 1 aliphatic heterocycles. The quantitative estimate of drug-likeness (QED) is 0.634. The SMILES string of the molecule is N#Cc1cc(F)cc([C@@H]2CCON2C(=O)C2CC(Cn3cnc4cc(F)ccc43)C2)c1. The van der Waals surface area contributed by atoms with E-state index in [1.54, 1.807) is 18.5 Å². The third kappa shape index (κ3) is 3.66. The highest BCUT2D eigenvalue weighted by molar-refractivity contribution is 5.79. The number of imidazole rings is 1. The van der Waals surface area contributed by atoms with Crippen molar-refractivity contribution in [2.75, 3.05) is 6.61 Å². The second-order valence-electron chi connectivity index (χ2n) is 8.25. The first-order valence-corrected chi connectivity index (χ1v) is 10.3. The maximum absolute atomic E-state index is 13.9. The lowest BCUT2D eigenvalue weighted by Crippen LogP contribution is -2.42. The molecule has 2 heterocycles. The van der Waals surface area contributed by atoms with Gasteiger partial charge < -0.3 is 4.57 Å². The van der Waals surface area contributed by atoms with Gasteiger partial charge in [0.25, 0.3) is 0 Å². The van der Waals surface area contributed by atoms with Crippen molar-refractivity contribution in [1.29, 1.82) is 5.26 Å². The van der Waals surface area contributed by atoms with Crippen molar-refractivity contribution < 1.29 is 18.4 Å². The zero-order chi connectivity index (χ0) is 21.5. The number of hydroxylamine groups is 2. The molecule has 1 aliphatic carbocycles. The van der Waals surface area contributed by atoms with Crippen LogP contribution in [0, 0.1) is 34.8 Å². The van der Waals surface area contributed by atoms with Gasteiger partial charge in [-0.1, -0.05) is 0 Å². The van der Waals surface area contributed by atoms with Gasteiger partial charge in [-0.25, -0.2) is 18.8 Å². The van der Waals surface area contributed by atoms with Crippen LogP contribution in [-0.2, 0) is 16.2 Å². The van der Waals surface area contributed by atoms with Gasteiger partial charge in [0.1, 0.15) is 11.6 Å². The number of aromatic nitrogens is 2. The smallest absolute Gasteiger partial charge is 0.249 e. The first kappa shape index (κ1) is 19.6. The van der Waals surface area contributed by atoms with Crippen LogP contribution >= 0.6 is 0 Å². The van der Waals surface area contributed by atoms with Crippen LogP contribution in [0.4, 0.5) is 8.78 Å². The van der Waals surface area contributed by atoms with Gasteiger partial charge in [0.05, 0.1) is 41.6 Å². The monoisotopic (exact) mass is 422 g/mol. The highest BCUT2D eigenvalue weighted by Gasteiger charge is 2.42. The van der Waals surface area contributed by atoms with Crippen LogP contribution in [0.3, 0.4) is 0 Å². The highest BCUT2D eigenvalue weighted by atomic mass is 19.1. The van der Waals surface area contributed by atoms with E-state index in [0.717, 1.165) is 18.4 Å². The second-order valence-corrected chi connectivity index (χ2v) is 8.25. The summed E-state index contributed by atoms with van der Waals surface area (Å²) in [6.45, 7) is 1.09. The predicted molar refractivity (Wildman–Crippen MR) is 107 cm³/mol. The summed E-state index contributed by atoms with van der Waals surface area (Å²) >= 11 is 0. The van der Waals surface area contributed by atoms with E-state index in [-0.39, 0.29) is 29.2 Å². The Kier molecular flexibility index (Phi) is 4.91. The lowest BCUT2D eigenvalue weighted by Gasteiger charge is -2.37. The topological polar surface area (TPSA) is 71.2 Å². The van der Waals surface area contributed by atoms with E-state index < -0.39 is 5.82 Å². The zero-order valence-corrected chi connectivity index (χ0v) is 16.7. The molecule has 2 aromatic carbocycles. The molecule has 2 aliphatic rings. The van der Waals surface area contributed by atoms with Crippen LogP contribution in [-0.4, -0.2) is 27.1 Å². The van der Waals surface area contributed by atoms with Crippen molar-refractivity contribution in [1.82, 2.24) is 14.6 Å². The summed E-state index contributed by atoms with van der Waals surface area (Å²) in [6, 6.07) is 10.3. The van der Waals surface area contributed by atoms with Crippen molar-refractivity contribution in [3.63, 3.8) is 0 Å². The average Bonchev–Trinajstić information content (AvgIpc) is 3.36. The summed E-state index contributed by atoms with van der Waals surface area (Å²) in [6.07, 6.45) is 3.71. The molecule has 3 aromatic rings. The van der Waals surface area contributed by atoms with E-state index in [1.807, 2.05) is 10.6 Å². The third-order valence-corrected chi connectivity index (χ3v) is 6.18. The third-order valence-electron chi connectivity index (χ3n) is 6.18. The molecule has 8 heteroatoms. The molecule has 0 unspecified atom stereocenters. The molecule has 0 radical (unpaired) electrons. The number of hydrogen-bond donors (Lipinski definition) is 0. The number of fused-ring (bicyclic) bond motifs is 1. The fraction of sp³-hybridized carbons (Fsp3) is 0.348. The summed E-state index contributed by atoms with van der Waals surface area (Å²) in [4.78, 5) is 22.9. The molecule has 1 saturated heterocycles. The average molecular weight is 422 g/mol. The molecule has 6 nitrogen and oxygen atoms in total. The molecule has 0 N–H and O–H groups in total. The molecule has 1 saturated carbocycles. The molecule has 1 aromatic heterocycles. The number of carbonyl (C=O) groups is 1. The van der Waals surface area contributed by atoms with E-state index in [9.17, 15) is 13.6 Å².